The first kappa shape index (κ1) is 22.0. The van der Waals surface area contributed by atoms with Gasteiger partial charge in [0.2, 0.25) is 0 Å². The molecule has 0 atom stereocenters. The summed E-state index contributed by atoms with van der Waals surface area (Å²) in [5, 5.41) is 8.69. The lowest BCUT2D eigenvalue weighted by Crippen LogP contribution is -2.24. The number of hydrogen-bond acceptors (Lipinski definition) is 4. The number of nitrogens with one attached hydrogen (secondary N) is 1. The van der Waals surface area contributed by atoms with Crippen molar-refractivity contribution >= 4 is 56.4 Å². The molecule has 0 unspecified atom stereocenters. The van der Waals surface area contributed by atoms with Gasteiger partial charge in [-0.15, -0.1) is 11.3 Å². The lowest BCUT2D eigenvalue weighted by atomic mass is 10.0. The summed E-state index contributed by atoms with van der Waals surface area (Å²) in [6.45, 7) is 0.532. The van der Waals surface area contributed by atoms with Gasteiger partial charge in [-0.25, -0.2) is 4.68 Å². The topological polar surface area (TPSA) is 72.9 Å². The number of amides is 1. The van der Waals surface area contributed by atoms with Gasteiger partial charge in [0.15, 0.2) is 5.69 Å². The number of para-hydroxylation sites is 1. The number of thiophene rings is 1. The molecule has 0 saturated heterocycles. The molecular weight excluding hydrogens is 519 g/mol. The molecule has 0 aliphatic heterocycles. The summed E-state index contributed by atoms with van der Waals surface area (Å²) in [6, 6.07) is 18.6. The van der Waals surface area contributed by atoms with Crippen molar-refractivity contribution in [2.24, 2.45) is 5.73 Å². The SMILES string of the molecule is NCc1c(C(=O)NCc2ccc(Br)s2)nn(-c2ccccc2Cl)c1-c1ccc(Cl)cc1. The highest BCUT2D eigenvalue weighted by molar-refractivity contribution is 9.11. The van der Waals surface area contributed by atoms with Crippen molar-refractivity contribution in [2.75, 3.05) is 0 Å². The van der Waals surface area contributed by atoms with Crippen molar-refractivity contribution in [3.8, 4) is 16.9 Å². The number of benzene rings is 2. The van der Waals surface area contributed by atoms with E-state index in [9.17, 15) is 4.79 Å². The van der Waals surface area contributed by atoms with E-state index in [0.29, 0.717) is 33.5 Å². The summed E-state index contributed by atoms with van der Waals surface area (Å²) in [5.74, 6) is -0.300. The number of carbonyl (C=O) groups excluding carboxylic acids is 1. The molecule has 3 N–H and O–H groups in total. The Kier molecular flexibility index (Phi) is 6.79. The van der Waals surface area contributed by atoms with Crippen LogP contribution >= 0.6 is 50.5 Å². The molecule has 2 aromatic carbocycles. The van der Waals surface area contributed by atoms with Crippen LogP contribution in [0.25, 0.3) is 16.9 Å². The fourth-order valence-corrected chi connectivity index (χ4v) is 4.99. The van der Waals surface area contributed by atoms with E-state index in [1.807, 2.05) is 42.5 Å². The standard InChI is InChI=1S/C22H17BrCl2N4OS/c23-19-10-9-15(31-19)12-27-22(30)20-16(11-26)21(13-5-7-14(24)8-6-13)29(28-20)18-4-2-1-3-17(18)25/h1-10H,11-12,26H2,(H,27,30). The van der Waals surface area contributed by atoms with Gasteiger partial charge in [0.1, 0.15) is 0 Å². The van der Waals surface area contributed by atoms with Crippen molar-refractivity contribution in [1.29, 1.82) is 0 Å². The van der Waals surface area contributed by atoms with Gasteiger partial charge in [-0.3, -0.25) is 4.79 Å². The second-order valence-electron chi connectivity index (χ2n) is 6.64. The van der Waals surface area contributed by atoms with Crippen LogP contribution in [-0.2, 0) is 13.1 Å². The minimum atomic E-state index is -0.300. The van der Waals surface area contributed by atoms with Gasteiger partial charge in [-0.2, -0.15) is 5.10 Å². The quantitative estimate of drug-likeness (QED) is 0.315. The first-order chi connectivity index (χ1) is 15.0. The highest BCUT2D eigenvalue weighted by Gasteiger charge is 2.24. The van der Waals surface area contributed by atoms with Crippen molar-refractivity contribution in [1.82, 2.24) is 15.1 Å². The third kappa shape index (κ3) is 4.71. The van der Waals surface area contributed by atoms with Gasteiger partial charge < -0.3 is 11.1 Å². The van der Waals surface area contributed by atoms with Crippen LogP contribution in [0, 0.1) is 0 Å². The molecule has 0 spiro atoms. The second-order valence-corrected chi connectivity index (χ2v) is 10.0. The van der Waals surface area contributed by atoms with Gasteiger partial charge >= 0.3 is 0 Å². The minimum absolute atomic E-state index is 0.135. The molecule has 4 rings (SSSR count). The lowest BCUT2D eigenvalue weighted by Gasteiger charge is -2.11. The van der Waals surface area contributed by atoms with E-state index >= 15 is 0 Å². The van der Waals surface area contributed by atoms with Crippen molar-refractivity contribution in [2.45, 2.75) is 13.1 Å². The molecule has 158 valence electrons. The second kappa shape index (κ2) is 9.54. The zero-order valence-electron chi connectivity index (χ0n) is 16.1. The predicted molar refractivity (Wildman–Crippen MR) is 130 cm³/mol. The smallest absolute Gasteiger partial charge is 0.272 e. The molecule has 0 fully saturated rings. The zero-order valence-corrected chi connectivity index (χ0v) is 20.0. The van der Waals surface area contributed by atoms with Crippen LogP contribution in [0.4, 0.5) is 0 Å². The Labute approximate surface area is 201 Å². The first-order valence-electron chi connectivity index (χ1n) is 9.33. The third-order valence-electron chi connectivity index (χ3n) is 4.65. The number of rotatable bonds is 6. The molecule has 0 saturated carbocycles. The normalized spacial score (nSPS) is 11.0. The van der Waals surface area contributed by atoms with E-state index in [1.165, 1.54) is 0 Å². The number of hydrogen-bond donors (Lipinski definition) is 2. The number of nitrogens with two attached hydrogens (primary N) is 1. The molecule has 5 nitrogen and oxygen atoms in total. The highest BCUT2D eigenvalue weighted by Crippen LogP contribution is 2.32. The van der Waals surface area contributed by atoms with Gasteiger partial charge in [-0.1, -0.05) is 47.5 Å². The van der Waals surface area contributed by atoms with Crippen LogP contribution in [0.2, 0.25) is 10.0 Å². The molecule has 0 aliphatic carbocycles. The van der Waals surface area contributed by atoms with E-state index in [0.717, 1.165) is 14.2 Å². The molecule has 2 aromatic heterocycles. The largest absolute Gasteiger partial charge is 0.346 e. The summed E-state index contributed by atoms with van der Waals surface area (Å²) in [7, 11) is 0. The molecular formula is C22H17BrCl2N4OS. The van der Waals surface area contributed by atoms with E-state index in [1.54, 1.807) is 34.2 Å². The molecule has 0 radical (unpaired) electrons. The van der Waals surface area contributed by atoms with Crippen LogP contribution in [0.5, 0.6) is 0 Å². The lowest BCUT2D eigenvalue weighted by molar-refractivity contribution is 0.0945. The zero-order chi connectivity index (χ0) is 22.0. The van der Waals surface area contributed by atoms with Gasteiger partial charge in [0, 0.05) is 27.6 Å². The Hall–Kier alpha value is -2.16. The van der Waals surface area contributed by atoms with Crippen LogP contribution in [0.1, 0.15) is 20.9 Å². The van der Waals surface area contributed by atoms with E-state index in [2.05, 4.69) is 26.3 Å². The van der Waals surface area contributed by atoms with Crippen LogP contribution in [0.15, 0.2) is 64.5 Å². The molecule has 1 amide bonds. The Balaban J connectivity index is 1.80. The molecule has 0 aliphatic rings. The minimum Gasteiger partial charge on any atom is -0.346 e. The maximum atomic E-state index is 13.1. The molecule has 31 heavy (non-hydrogen) atoms. The average molecular weight is 536 g/mol. The molecule has 4 aromatic rings. The Morgan fingerprint density at radius 2 is 1.84 bits per heavy atom. The maximum Gasteiger partial charge on any atom is 0.272 e. The van der Waals surface area contributed by atoms with Crippen molar-refractivity contribution < 1.29 is 4.79 Å². The average Bonchev–Trinajstić information content (AvgIpc) is 3.36. The van der Waals surface area contributed by atoms with Gasteiger partial charge in [0.05, 0.1) is 26.7 Å². The highest BCUT2D eigenvalue weighted by atomic mass is 79.9. The van der Waals surface area contributed by atoms with Crippen molar-refractivity contribution in [3.63, 3.8) is 0 Å². The number of carbonyl (C=O) groups is 1. The fraction of sp³-hybridized carbons (Fsp3) is 0.0909. The van der Waals surface area contributed by atoms with Crippen LogP contribution in [-0.4, -0.2) is 15.7 Å². The fourth-order valence-electron chi connectivity index (χ4n) is 3.23. The number of aromatic nitrogens is 2. The maximum absolute atomic E-state index is 13.1. The third-order valence-corrected chi connectivity index (χ3v) is 6.85. The summed E-state index contributed by atoms with van der Waals surface area (Å²) < 4.78 is 2.68. The monoisotopic (exact) mass is 534 g/mol. The number of halogens is 3. The molecule has 2 heterocycles. The Bertz CT molecular complexity index is 1240. The van der Waals surface area contributed by atoms with Gasteiger partial charge in [0.25, 0.3) is 5.91 Å². The summed E-state index contributed by atoms with van der Waals surface area (Å²) >= 11 is 17.5. The van der Waals surface area contributed by atoms with E-state index in [-0.39, 0.29) is 18.1 Å². The van der Waals surface area contributed by atoms with Crippen LogP contribution < -0.4 is 11.1 Å². The predicted octanol–water partition coefficient (Wildman–Crippen LogP) is 6.06. The summed E-state index contributed by atoms with van der Waals surface area (Å²) in [6.07, 6.45) is 0. The Morgan fingerprint density at radius 1 is 1.10 bits per heavy atom. The van der Waals surface area contributed by atoms with E-state index in [4.69, 9.17) is 28.9 Å². The van der Waals surface area contributed by atoms with E-state index < -0.39 is 0 Å². The van der Waals surface area contributed by atoms with Crippen molar-refractivity contribution in [3.05, 3.63) is 90.6 Å². The number of nitrogens with zero attached hydrogens (tertiary/aromatic N) is 2. The first-order valence-corrected chi connectivity index (χ1v) is 11.7. The molecule has 0 bridgehead atoms. The summed E-state index contributed by atoms with van der Waals surface area (Å²) in [5.41, 5.74) is 9.19. The Morgan fingerprint density at radius 3 is 2.48 bits per heavy atom. The van der Waals surface area contributed by atoms with Crippen LogP contribution in [0.3, 0.4) is 0 Å². The molecule has 9 heteroatoms. The summed E-state index contributed by atoms with van der Waals surface area (Å²) in [4.78, 5) is 14.1. The van der Waals surface area contributed by atoms with Gasteiger partial charge in [-0.05, 0) is 52.3 Å².